The Morgan fingerprint density at radius 1 is 1.00 bits per heavy atom. The van der Waals surface area contributed by atoms with Crippen LogP contribution in [0.15, 0.2) is 18.2 Å². The number of carbonyl (C=O) groups excluding carboxylic acids is 1. The summed E-state index contributed by atoms with van der Waals surface area (Å²) in [6.07, 6.45) is -11.5. The van der Waals surface area contributed by atoms with Crippen LogP contribution in [0.4, 0.5) is 26.3 Å². The highest BCUT2D eigenvalue weighted by molar-refractivity contribution is 6.36. The lowest BCUT2D eigenvalue weighted by atomic mass is 9.96. The predicted octanol–water partition coefficient (Wildman–Crippen LogP) is 4.92. The van der Waals surface area contributed by atoms with Gasteiger partial charge in [0.1, 0.15) is 0 Å². The summed E-state index contributed by atoms with van der Waals surface area (Å²) < 4.78 is 74.1. The van der Waals surface area contributed by atoms with Crippen LogP contribution in [0.2, 0.25) is 10.0 Å². The number of carbonyl (C=O) groups is 1. The second-order valence-corrected chi connectivity index (χ2v) is 4.35. The maximum Gasteiger partial charge on any atom is 0.407 e. The van der Waals surface area contributed by atoms with Crippen LogP contribution in [0.3, 0.4) is 0 Å². The van der Waals surface area contributed by atoms with E-state index in [0.29, 0.717) is 0 Å². The maximum atomic E-state index is 12.4. The van der Waals surface area contributed by atoms with Crippen LogP contribution in [0, 0.1) is 5.92 Å². The van der Waals surface area contributed by atoms with Gasteiger partial charge < -0.3 is 0 Å². The zero-order chi connectivity index (χ0) is 15.0. The Morgan fingerprint density at radius 2 is 1.47 bits per heavy atom. The number of hydrogen-bond acceptors (Lipinski definition) is 1. The molecule has 0 heterocycles. The van der Waals surface area contributed by atoms with Gasteiger partial charge in [-0.3, -0.25) is 4.79 Å². The van der Waals surface area contributed by atoms with Crippen LogP contribution in [0.5, 0.6) is 0 Å². The predicted molar refractivity (Wildman–Crippen MR) is 56.4 cm³/mol. The molecule has 1 aromatic carbocycles. The number of halogens is 8. The maximum absolute atomic E-state index is 12.4. The molecule has 0 atom stereocenters. The molecule has 0 unspecified atom stereocenters. The summed E-state index contributed by atoms with van der Waals surface area (Å²) in [6, 6.07) is 2.59. The zero-order valence-electron chi connectivity index (χ0n) is 8.74. The number of Topliss-reactive ketones (excluding diaryl/α,β-unsaturated/α-hetero) is 1. The Morgan fingerprint density at radius 3 is 1.84 bits per heavy atom. The van der Waals surface area contributed by atoms with Crippen LogP contribution in [-0.2, 0) is 0 Å². The fourth-order valence-corrected chi connectivity index (χ4v) is 1.83. The second kappa shape index (κ2) is 5.20. The first-order valence-electron chi connectivity index (χ1n) is 4.57. The monoisotopic (exact) mass is 324 g/mol. The third-order valence-corrected chi connectivity index (χ3v) is 2.66. The van der Waals surface area contributed by atoms with Gasteiger partial charge in [-0.25, -0.2) is 0 Å². The topological polar surface area (TPSA) is 17.1 Å². The smallest absolute Gasteiger partial charge is 0.293 e. The average Bonchev–Trinajstić information content (AvgIpc) is 2.11. The molecule has 0 fully saturated rings. The van der Waals surface area contributed by atoms with E-state index in [1.54, 1.807) is 0 Å². The van der Waals surface area contributed by atoms with Crippen molar-refractivity contribution in [2.45, 2.75) is 12.4 Å². The highest BCUT2D eigenvalue weighted by Gasteiger charge is 2.61. The Balaban J connectivity index is 3.29. The lowest BCUT2D eigenvalue weighted by molar-refractivity contribution is -0.264. The fourth-order valence-electron chi connectivity index (χ4n) is 1.33. The van der Waals surface area contributed by atoms with E-state index in [0.717, 1.165) is 18.2 Å². The van der Waals surface area contributed by atoms with Crippen molar-refractivity contribution in [2.75, 3.05) is 0 Å². The van der Waals surface area contributed by atoms with E-state index in [1.807, 2.05) is 0 Å². The molecule has 0 aliphatic rings. The van der Waals surface area contributed by atoms with Gasteiger partial charge >= 0.3 is 12.4 Å². The summed E-state index contributed by atoms with van der Waals surface area (Å²) >= 11 is 10.9. The molecule has 19 heavy (non-hydrogen) atoms. The molecule has 0 spiro atoms. The number of ketones is 1. The van der Waals surface area contributed by atoms with Crippen LogP contribution >= 0.6 is 23.2 Å². The van der Waals surface area contributed by atoms with Crippen molar-refractivity contribution in [3.63, 3.8) is 0 Å². The molecule has 106 valence electrons. The van der Waals surface area contributed by atoms with Gasteiger partial charge in [0.2, 0.25) is 5.92 Å². The lowest BCUT2D eigenvalue weighted by Gasteiger charge is -2.22. The molecule has 0 amide bonds. The normalized spacial score (nSPS) is 12.9. The van der Waals surface area contributed by atoms with E-state index in [9.17, 15) is 31.1 Å². The van der Waals surface area contributed by atoms with Crippen molar-refractivity contribution >= 4 is 29.0 Å². The van der Waals surface area contributed by atoms with E-state index in [-0.39, 0.29) is 5.02 Å². The molecule has 0 aromatic heterocycles. The summed E-state index contributed by atoms with van der Waals surface area (Å²) in [4.78, 5) is 11.4. The molecule has 0 bridgehead atoms. The third-order valence-electron chi connectivity index (χ3n) is 2.11. The molecule has 0 radical (unpaired) electrons. The number of rotatable bonds is 2. The van der Waals surface area contributed by atoms with Crippen molar-refractivity contribution in [1.29, 1.82) is 0 Å². The van der Waals surface area contributed by atoms with Gasteiger partial charge in [0, 0.05) is 10.6 Å². The molecule has 0 saturated carbocycles. The minimum atomic E-state index is -5.75. The SMILES string of the molecule is O=C(c1ccc(Cl)cc1Cl)C(C(F)(F)F)C(F)(F)F. The summed E-state index contributed by atoms with van der Waals surface area (Å²) in [7, 11) is 0. The van der Waals surface area contributed by atoms with E-state index in [1.165, 1.54) is 0 Å². The number of alkyl halides is 6. The molecule has 9 heteroatoms. The van der Waals surface area contributed by atoms with Gasteiger partial charge in [-0.1, -0.05) is 23.2 Å². The minimum absolute atomic E-state index is 0.0166. The first-order valence-corrected chi connectivity index (χ1v) is 5.33. The first kappa shape index (κ1) is 16.1. The average molecular weight is 325 g/mol. The first-order chi connectivity index (χ1) is 8.44. The minimum Gasteiger partial charge on any atom is -0.293 e. The van der Waals surface area contributed by atoms with E-state index >= 15 is 0 Å². The van der Waals surface area contributed by atoms with Crippen LogP contribution in [0.1, 0.15) is 10.4 Å². The zero-order valence-corrected chi connectivity index (χ0v) is 10.3. The summed E-state index contributed by atoms with van der Waals surface area (Å²) in [5.41, 5.74) is -0.884. The lowest BCUT2D eigenvalue weighted by Crippen LogP contribution is -2.42. The highest BCUT2D eigenvalue weighted by atomic mass is 35.5. The fraction of sp³-hybridized carbons (Fsp3) is 0.300. The molecule has 1 rings (SSSR count). The van der Waals surface area contributed by atoms with Crippen molar-refractivity contribution in [3.8, 4) is 0 Å². The van der Waals surface area contributed by atoms with Gasteiger partial charge in [-0.05, 0) is 18.2 Å². The van der Waals surface area contributed by atoms with Gasteiger partial charge in [0.15, 0.2) is 5.78 Å². The molecular weight excluding hydrogens is 321 g/mol. The molecular formula is C10H4Cl2F6O. The van der Waals surface area contributed by atoms with Crippen molar-refractivity contribution in [2.24, 2.45) is 5.92 Å². The largest absolute Gasteiger partial charge is 0.407 e. The van der Waals surface area contributed by atoms with Gasteiger partial charge in [0.05, 0.1) is 5.02 Å². The van der Waals surface area contributed by atoms with E-state index in [2.05, 4.69) is 0 Å². The van der Waals surface area contributed by atoms with Crippen molar-refractivity contribution in [1.82, 2.24) is 0 Å². The van der Waals surface area contributed by atoms with Gasteiger partial charge in [-0.15, -0.1) is 0 Å². The Bertz CT molecular complexity index is 480. The van der Waals surface area contributed by atoms with Crippen LogP contribution in [-0.4, -0.2) is 18.1 Å². The Labute approximate surface area is 113 Å². The summed E-state index contributed by atoms with van der Waals surface area (Å²) in [6.45, 7) is 0. The molecule has 0 N–H and O–H groups in total. The third kappa shape index (κ3) is 3.76. The van der Waals surface area contributed by atoms with Gasteiger partial charge in [-0.2, -0.15) is 26.3 Å². The highest BCUT2D eigenvalue weighted by Crippen LogP contribution is 2.42. The molecule has 0 saturated heterocycles. The molecule has 1 aromatic rings. The van der Waals surface area contributed by atoms with E-state index < -0.39 is 34.6 Å². The van der Waals surface area contributed by atoms with Crippen LogP contribution in [0.25, 0.3) is 0 Å². The molecule has 1 nitrogen and oxygen atoms in total. The second-order valence-electron chi connectivity index (χ2n) is 3.50. The Hall–Kier alpha value is -0.950. The van der Waals surface area contributed by atoms with Crippen molar-refractivity contribution < 1.29 is 31.1 Å². The standard InChI is InChI=1S/C10H4Cl2F6O/c11-4-1-2-5(6(12)3-4)7(19)8(9(13,14)15)10(16,17)18/h1-3,8H. The number of benzene rings is 1. The van der Waals surface area contributed by atoms with E-state index in [4.69, 9.17) is 23.2 Å². The summed E-state index contributed by atoms with van der Waals surface area (Å²) in [5.74, 6) is -6.28. The Kier molecular flexibility index (Phi) is 4.41. The van der Waals surface area contributed by atoms with Crippen LogP contribution < -0.4 is 0 Å². The molecule has 0 aliphatic carbocycles. The van der Waals surface area contributed by atoms with Gasteiger partial charge in [0.25, 0.3) is 0 Å². The van der Waals surface area contributed by atoms with Crippen molar-refractivity contribution in [3.05, 3.63) is 33.8 Å². The number of hydrogen-bond donors (Lipinski definition) is 0. The quantitative estimate of drug-likeness (QED) is 0.557. The molecule has 0 aliphatic heterocycles. The summed E-state index contributed by atoms with van der Waals surface area (Å²) in [5, 5.41) is -0.590.